The van der Waals surface area contributed by atoms with Crippen molar-refractivity contribution in [3.05, 3.63) is 34.9 Å². The van der Waals surface area contributed by atoms with E-state index < -0.39 is 29.6 Å². The van der Waals surface area contributed by atoms with Crippen molar-refractivity contribution in [2.75, 3.05) is 6.54 Å². The summed E-state index contributed by atoms with van der Waals surface area (Å²) >= 11 is 0. The number of benzene rings is 1. The highest BCUT2D eigenvalue weighted by atomic mass is 16.6. The summed E-state index contributed by atoms with van der Waals surface area (Å²) in [7, 11) is 0. The Hall–Kier alpha value is -3.43. The molecule has 1 aromatic carbocycles. The number of nitrogens with zero attached hydrogens (tertiary/aromatic N) is 1. The average molecular weight is 501 g/mol. The largest absolute Gasteiger partial charge is 0.444 e. The van der Waals surface area contributed by atoms with Gasteiger partial charge in [-0.05, 0) is 56.7 Å². The van der Waals surface area contributed by atoms with Gasteiger partial charge in [-0.25, -0.2) is 4.79 Å². The molecule has 2 heterocycles. The summed E-state index contributed by atoms with van der Waals surface area (Å²) in [6.07, 6.45) is 0.546. The topological polar surface area (TPSA) is 134 Å². The van der Waals surface area contributed by atoms with E-state index in [1.807, 2.05) is 19.9 Å². The lowest BCUT2D eigenvalue weighted by Crippen LogP contribution is -2.52. The number of alkyl carbamates (subject to hydrolysis) is 1. The van der Waals surface area contributed by atoms with Crippen LogP contribution in [0.4, 0.5) is 4.79 Å². The normalized spacial score (nSPS) is 18.6. The molecule has 2 unspecified atom stereocenters. The smallest absolute Gasteiger partial charge is 0.407 e. The maximum atomic E-state index is 12.9. The number of amides is 5. The Morgan fingerprint density at radius 1 is 1.17 bits per heavy atom. The van der Waals surface area contributed by atoms with Crippen molar-refractivity contribution < 1.29 is 28.7 Å². The van der Waals surface area contributed by atoms with Gasteiger partial charge in [-0.3, -0.25) is 24.5 Å². The first kappa shape index (κ1) is 27.2. The lowest BCUT2D eigenvalue weighted by molar-refractivity contribution is -0.137. The van der Waals surface area contributed by atoms with Gasteiger partial charge >= 0.3 is 6.09 Å². The van der Waals surface area contributed by atoms with E-state index >= 15 is 0 Å². The van der Waals surface area contributed by atoms with Gasteiger partial charge in [0.15, 0.2) is 0 Å². The van der Waals surface area contributed by atoms with Crippen LogP contribution in [-0.2, 0) is 32.2 Å². The monoisotopic (exact) mass is 500 g/mol. The number of imide groups is 1. The number of carbonyl (C=O) groups is 5. The molecule has 3 N–H and O–H groups in total. The zero-order chi connectivity index (χ0) is 26.6. The first-order valence-corrected chi connectivity index (χ1v) is 12.3. The van der Waals surface area contributed by atoms with Crippen molar-refractivity contribution in [3.8, 4) is 0 Å². The summed E-state index contributed by atoms with van der Waals surface area (Å²) < 4.78 is 5.26. The van der Waals surface area contributed by atoms with Crippen molar-refractivity contribution >= 4 is 29.7 Å². The molecule has 2 aliphatic rings. The van der Waals surface area contributed by atoms with Crippen molar-refractivity contribution in [1.82, 2.24) is 20.9 Å². The van der Waals surface area contributed by atoms with E-state index in [1.54, 1.807) is 32.9 Å². The van der Waals surface area contributed by atoms with E-state index in [9.17, 15) is 24.0 Å². The molecule has 10 nitrogen and oxygen atoms in total. The number of hydrogen-bond donors (Lipinski definition) is 3. The predicted molar refractivity (Wildman–Crippen MR) is 132 cm³/mol. The summed E-state index contributed by atoms with van der Waals surface area (Å²) in [4.78, 5) is 63.0. The number of piperidine rings is 1. The first-order chi connectivity index (χ1) is 16.8. The molecule has 5 amide bonds. The SMILES string of the molecule is CC(C)CC(CNC(=O)OC(C)(C)C)C(=O)NCc1ccc2c(c1)CN(C1CCC(=O)NC1=O)C2=O. The Bertz CT molecular complexity index is 1050. The molecule has 0 radical (unpaired) electrons. The van der Waals surface area contributed by atoms with Gasteiger partial charge in [0.1, 0.15) is 11.6 Å². The second-order valence-corrected chi connectivity index (χ2v) is 10.8. The van der Waals surface area contributed by atoms with Crippen LogP contribution >= 0.6 is 0 Å². The maximum Gasteiger partial charge on any atom is 0.407 e. The number of carbonyl (C=O) groups excluding carboxylic acids is 5. The van der Waals surface area contributed by atoms with Crippen molar-refractivity contribution in [3.63, 3.8) is 0 Å². The van der Waals surface area contributed by atoms with Gasteiger partial charge in [-0.2, -0.15) is 0 Å². The molecule has 0 aliphatic carbocycles. The third-order valence-electron chi connectivity index (χ3n) is 6.07. The number of fused-ring (bicyclic) bond motifs is 1. The van der Waals surface area contributed by atoms with Gasteiger partial charge < -0.3 is 20.3 Å². The van der Waals surface area contributed by atoms with E-state index in [0.717, 1.165) is 11.1 Å². The molecule has 1 saturated heterocycles. The Morgan fingerprint density at radius 2 is 1.89 bits per heavy atom. The van der Waals surface area contributed by atoms with Crippen LogP contribution in [0.15, 0.2) is 18.2 Å². The lowest BCUT2D eigenvalue weighted by Gasteiger charge is -2.29. The summed E-state index contributed by atoms with van der Waals surface area (Å²) in [6, 6.07) is 4.68. The average Bonchev–Trinajstić information content (AvgIpc) is 3.09. The van der Waals surface area contributed by atoms with Gasteiger partial charge in [0.2, 0.25) is 17.7 Å². The number of ether oxygens (including phenoxy) is 1. The lowest BCUT2D eigenvalue weighted by atomic mass is 9.96. The minimum absolute atomic E-state index is 0.165. The molecular formula is C26H36N4O6. The highest BCUT2D eigenvalue weighted by Gasteiger charge is 2.39. The van der Waals surface area contributed by atoms with Gasteiger partial charge in [0.05, 0.1) is 5.92 Å². The van der Waals surface area contributed by atoms with Crippen molar-refractivity contribution in [2.45, 2.75) is 78.6 Å². The fraction of sp³-hybridized carbons (Fsp3) is 0.577. The first-order valence-electron chi connectivity index (χ1n) is 12.3. The van der Waals surface area contributed by atoms with Crippen LogP contribution in [0.25, 0.3) is 0 Å². The molecule has 1 fully saturated rings. The summed E-state index contributed by atoms with van der Waals surface area (Å²) in [6.45, 7) is 10.1. The van der Waals surface area contributed by atoms with E-state index in [0.29, 0.717) is 18.4 Å². The molecule has 36 heavy (non-hydrogen) atoms. The molecule has 1 aromatic rings. The van der Waals surface area contributed by atoms with Crippen LogP contribution in [0.2, 0.25) is 0 Å². The number of hydrogen-bond acceptors (Lipinski definition) is 6. The number of rotatable bonds is 8. The van der Waals surface area contributed by atoms with E-state index in [2.05, 4.69) is 16.0 Å². The second-order valence-electron chi connectivity index (χ2n) is 10.8. The van der Waals surface area contributed by atoms with Crippen LogP contribution in [-0.4, -0.2) is 52.8 Å². The van der Waals surface area contributed by atoms with Crippen LogP contribution in [0.3, 0.4) is 0 Å². The maximum absolute atomic E-state index is 12.9. The highest BCUT2D eigenvalue weighted by Crippen LogP contribution is 2.28. The predicted octanol–water partition coefficient (Wildman–Crippen LogP) is 2.25. The molecule has 2 atom stereocenters. The molecule has 0 bridgehead atoms. The fourth-order valence-electron chi connectivity index (χ4n) is 4.44. The quantitative estimate of drug-likeness (QED) is 0.469. The summed E-state index contributed by atoms with van der Waals surface area (Å²) in [5.41, 5.74) is 1.50. The molecule has 0 spiro atoms. The van der Waals surface area contributed by atoms with Gasteiger partial charge in [-0.1, -0.05) is 26.0 Å². The van der Waals surface area contributed by atoms with E-state index in [-0.39, 0.29) is 49.7 Å². The fourth-order valence-corrected chi connectivity index (χ4v) is 4.44. The van der Waals surface area contributed by atoms with Gasteiger partial charge in [-0.15, -0.1) is 0 Å². The summed E-state index contributed by atoms with van der Waals surface area (Å²) in [5.74, 6) is -1.35. The van der Waals surface area contributed by atoms with Gasteiger partial charge in [0.25, 0.3) is 5.91 Å². The van der Waals surface area contributed by atoms with Crippen LogP contribution in [0.5, 0.6) is 0 Å². The molecular weight excluding hydrogens is 464 g/mol. The Morgan fingerprint density at radius 3 is 2.53 bits per heavy atom. The number of nitrogens with one attached hydrogen (secondary N) is 3. The van der Waals surface area contributed by atoms with Crippen molar-refractivity contribution in [1.29, 1.82) is 0 Å². The Balaban J connectivity index is 1.59. The van der Waals surface area contributed by atoms with Gasteiger partial charge in [0, 0.05) is 31.6 Å². The van der Waals surface area contributed by atoms with E-state index in [4.69, 9.17) is 4.74 Å². The summed E-state index contributed by atoms with van der Waals surface area (Å²) in [5, 5.41) is 7.92. The van der Waals surface area contributed by atoms with Crippen molar-refractivity contribution in [2.24, 2.45) is 11.8 Å². The molecule has 196 valence electrons. The molecule has 0 aromatic heterocycles. The molecule has 3 rings (SSSR count). The Labute approximate surface area is 211 Å². The highest BCUT2D eigenvalue weighted by molar-refractivity contribution is 6.05. The van der Waals surface area contributed by atoms with Crippen LogP contribution in [0.1, 0.15) is 75.4 Å². The molecule has 0 saturated carbocycles. The zero-order valence-electron chi connectivity index (χ0n) is 21.6. The second kappa shape index (κ2) is 11.1. The standard InChI is InChI=1S/C26H36N4O6/c1-15(2)10-17(13-28-25(35)36-26(3,4)5)22(32)27-12-16-6-7-19-18(11-16)14-30(24(19)34)20-8-9-21(31)29-23(20)33/h6-7,11,15,17,20H,8-10,12-14H2,1-5H3,(H,27,32)(H,28,35)(H,29,31,33). The molecule has 10 heteroatoms. The van der Waals surface area contributed by atoms with Crippen LogP contribution in [0, 0.1) is 11.8 Å². The third-order valence-corrected chi connectivity index (χ3v) is 6.07. The van der Waals surface area contributed by atoms with E-state index in [1.165, 1.54) is 4.90 Å². The minimum atomic E-state index is -0.667. The zero-order valence-corrected chi connectivity index (χ0v) is 21.6. The van der Waals surface area contributed by atoms with Crippen LogP contribution < -0.4 is 16.0 Å². The molecule has 2 aliphatic heterocycles. The third kappa shape index (κ3) is 7.05. The minimum Gasteiger partial charge on any atom is -0.444 e. The Kier molecular flexibility index (Phi) is 8.37.